The Kier molecular flexibility index (Phi) is 4.31. The van der Waals surface area contributed by atoms with Crippen molar-refractivity contribution in [1.29, 1.82) is 0 Å². The van der Waals surface area contributed by atoms with Gasteiger partial charge in [-0.25, -0.2) is 0 Å². The lowest BCUT2D eigenvalue weighted by atomic mass is 9.87. The maximum absolute atomic E-state index is 10.5. The number of hydrogen-bond donors (Lipinski definition) is 1. The number of aryl methyl sites for hydroxylation is 1. The zero-order valence-electron chi connectivity index (χ0n) is 12.4. The van der Waals surface area contributed by atoms with Gasteiger partial charge in [0.15, 0.2) is 0 Å². The van der Waals surface area contributed by atoms with Crippen LogP contribution in [0.15, 0.2) is 36.5 Å². The lowest BCUT2D eigenvalue weighted by Gasteiger charge is -2.33. The van der Waals surface area contributed by atoms with Crippen molar-refractivity contribution in [3.05, 3.63) is 47.8 Å². The summed E-state index contributed by atoms with van der Waals surface area (Å²) < 4.78 is 0. The number of hydrogen-bond acceptors (Lipinski definition) is 4. The van der Waals surface area contributed by atoms with Crippen molar-refractivity contribution >= 4 is 0 Å². The molecule has 1 atom stereocenters. The number of aliphatic hydroxyl groups excluding tert-OH is 1. The van der Waals surface area contributed by atoms with Gasteiger partial charge < -0.3 is 5.11 Å². The molecule has 1 aromatic heterocycles. The maximum atomic E-state index is 10.5. The summed E-state index contributed by atoms with van der Waals surface area (Å²) in [7, 11) is 1.84. The average molecular weight is 286 g/mol. The Balaban J connectivity index is 1.53. The molecule has 1 aliphatic rings. The van der Waals surface area contributed by atoms with E-state index in [1.165, 1.54) is 0 Å². The van der Waals surface area contributed by atoms with E-state index in [9.17, 15) is 5.11 Å². The molecule has 1 aliphatic heterocycles. The number of nitrogens with zero attached hydrogens (tertiary/aromatic N) is 4. The van der Waals surface area contributed by atoms with E-state index in [1.54, 1.807) is 4.80 Å². The quantitative estimate of drug-likeness (QED) is 0.930. The molecule has 5 nitrogen and oxygen atoms in total. The number of aliphatic hydroxyl groups is 1. The van der Waals surface area contributed by atoms with Gasteiger partial charge in [-0.15, -0.1) is 0 Å². The van der Waals surface area contributed by atoms with Gasteiger partial charge in [-0.05, 0) is 37.4 Å². The first-order chi connectivity index (χ1) is 10.2. The number of benzene rings is 1. The van der Waals surface area contributed by atoms with Crippen molar-refractivity contribution in [3.63, 3.8) is 0 Å². The second-order valence-electron chi connectivity index (χ2n) is 5.79. The summed E-state index contributed by atoms with van der Waals surface area (Å²) in [5.74, 6) is 0.352. The molecule has 1 unspecified atom stereocenters. The van der Waals surface area contributed by atoms with Crippen molar-refractivity contribution in [2.45, 2.75) is 25.5 Å². The van der Waals surface area contributed by atoms with Gasteiger partial charge in [0.05, 0.1) is 18.0 Å². The third-order valence-corrected chi connectivity index (χ3v) is 4.25. The zero-order valence-corrected chi connectivity index (χ0v) is 12.4. The lowest BCUT2D eigenvalue weighted by molar-refractivity contribution is 0.0564. The molecule has 1 saturated heterocycles. The fourth-order valence-corrected chi connectivity index (χ4v) is 3.04. The topological polar surface area (TPSA) is 54.2 Å². The van der Waals surface area contributed by atoms with Gasteiger partial charge in [-0.2, -0.15) is 15.0 Å². The lowest BCUT2D eigenvalue weighted by Crippen LogP contribution is -2.35. The van der Waals surface area contributed by atoms with E-state index in [0.29, 0.717) is 5.92 Å². The Bertz CT molecular complexity index is 561. The highest BCUT2D eigenvalue weighted by atomic mass is 16.3. The fourth-order valence-electron chi connectivity index (χ4n) is 3.04. The standard InChI is InChI=1S/C16H22N4O/c1-19-17-11-15(18-19)12-20-9-7-14(8-10-20)16(21)13-5-3-2-4-6-13/h2-6,11,14,16,21H,7-10,12H2,1H3. The summed E-state index contributed by atoms with van der Waals surface area (Å²) in [6, 6.07) is 9.98. The highest BCUT2D eigenvalue weighted by Crippen LogP contribution is 2.30. The summed E-state index contributed by atoms with van der Waals surface area (Å²) >= 11 is 0. The minimum Gasteiger partial charge on any atom is -0.388 e. The van der Waals surface area contributed by atoms with Gasteiger partial charge in [-0.3, -0.25) is 4.90 Å². The van der Waals surface area contributed by atoms with Crippen LogP contribution < -0.4 is 0 Å². The van der Waals surface area contributed by atoms with Crippen molar-refractivity contribution < 1.29 is 5.11 Å². The second-order valence-corrected chi connectivity index (χ2v) is 5.79. The van der Waals surface area contributed by atoms with Crippen LogP contribution in [0.4, 0.5) is 0 Å². The number of aromatic nitrogens is 3. The van der Waals surface area contributed by atoms with Crippen LogP contribution in [0, 0.1) is 5.92 Å². The van der Waals surface area contributed by atoms with Gasteiger partial charge in [0.2, 0.25) is 0 Å². The first-order valence-electron chi connectivity index (χ1n) is 7.53. The normalized spacial score (nSPS) is 18.8. The van der Waals surface area contributed by atoms with Gasteiger partial charge in [-0.1, -0.05) is 30.3 Å². The largest absolute Gasteiger partial charge is 0.388 e. The van der Waals surface area contributed by atoms with E-state index in [1.807, 2.05) is 43.6 Å². The molecule has 0 radical (unpaired) electrons. The predicted octanol–water partition coefficient (Wildman–Crippen LogP) is 1.76. The van der Waals surface area contributed by atoms with Crippen molar-refractivity contribution in [3.8, 4) is 0 Å². The van der Waals surface area contributed by atoms with E-state index < -0.39 is 0 Å². The number of rotatable bonds is 4. The Morgan fingerprint density at radius 1 is 1.24 bits per heavy atom. The van der Waals surface area contributed by atoms with Crippen LogP contribution in [0.2, 0.25) is 0 Å². The third-order valence-electron chi connectivity index (χ3n) is 4.25. The molecule has 0 aliphatic carbocycles. The molecule has 1 fully saturated rings. The summed E-state index contributed by atoms with van der Waals surface area (Å²) in [5.41, 5.74) is 2.05. The molecular weight excluding hydrogens is 264 g/mol. The van der Waals surface area contributed by atoms with E-state index in [0.717, 1.165) is 43.7 Å². The predicted molar refractivity (Wildman–Crippen MR) is 80.4 cm³/mol. The molecule has 3 rings (SSSR count). The second kappa shape index (κ2) is 6.37. The highest BCUT2D eigenvalue weighted by Gasteiger charge is 2.26. The van der Waals surface area contributed by atoms with Crippen LogP contribution in [0.3, 0.4) is 0 Å². The van der Waals surface area contributed by atoms with Crippen LogP contribution in [0.5, 0.6) is 0 Å². The smallest absolute Gasteiger partial charge is 0.0967 e. The molecule has 21 heavy (non-hydrogen) atoms. The van der Waals surface area contributed by atoms with Gasteiger partial charge in [0, 0.05) is 13.6 Å². The summed E-state index contributed by atoms with van der Waals surface area (Å²) in [5, 5.41) is 18.9. The molecule has 112 valence electrons. The van der Waals surface area contributed by atoms with Crippen LogP contribution in [-0.2, 0) is 13.6 Å². The van der Waals surface area contributed by atoms with E-state index in [4.69, 9.17) is 0 Å². The summed E-state index contributed by atoms with van der Waals surface area (Å²) in [4.78, 5) is 3.99. The van der Waals surface area contributed by atoms with Crippen LogP contribution >= 0.6 is 0 Å². The summed E-state index contributed by atoms with van der Waals surface area (Å²) in [6.45, 7) is 2.86. The fraction of sp³-hybridized carbons (Fsp3) is 0.500. The molecule has 2 heterocycles. The van der Waals surface area contributed by atoms with Crippen molar-refractivity contribution in [2.24, 2.45) is 13.0 Å². The molecule has 1 aromatic carbocycles. The van der Waals surface area contributed by atoms with Crippen LogP contribution in [0.25, 0.3) is 0 Å². The minimum absolute atomic E-state index is 0.343. The van der Waals surface area contributed by atoms with Gasteiger partial charge in [0.25, 0.3) is 0 Å². The van der Waals surface area contributed by atoms with Gasteiger partial charge in [0.1, 0.15) is 0 Å². The monoisotopic (exact) mass is 286 g/mol. The molecule has 0 amide bonds. The number of likely N-dealkylation sites (tertiary alicyclic amines) is 1. The van der Waals surface area contributed by atoms with E-state index in [-0.39, 0.29) is 6.10 Å². The molecule has 0 spiro atoms. The molecule has 5 heteroatoms. The Hall–Kier alpha value is -1.72. The third kappa shape index (κ3) is 3.49. The molecule has 1 N–H and O–H groups in total. The molecule has 0 bridgehead atoms. The minimum atomic E-state index is -0.343. The average Bonchev–Trinajstić information content (AvgIpc) is 2.93. The Morgan fingerprint density at radius 2 is 1.95 bits per heavy atom. The summed E-state index contributed by atoms with van der Waals surface area (Å²) in [6.07, 6.45) is 3.53. The van der Waals surface area contributed by atoms with E-state index >= 15 is 0 Å². The van der Waals surface area contributed by atoms with Crippen molar-refractivity contribution in [2.75, 3.05) is 13.1 Å². The molecular formula is C16H22N4O. The molecule has 2 aromatic rings. The Labute approximate surface area is 125 Å². The zero-order chi connectivity index (χ0) is 14.7. The first-order valence-corrected chi connectivity index (χ1v) is 7.53. The van der Waals surface area contributed by atoms with Crippen LogP contribution in [-0.4, -0.2) is 38.1 Å². The van der Waals surface area contributed by atoms with Crippen LogP contribution in [0.1, 0.15) is 30.2 Å². The van der Waals surface area contributed by atoms with Crippen molar-refractivity contribution in [1.82, 2.24) is 19.9 Å². The SMILES string of the molecule is Cn1ncc(CN2CCC(C(O)c3ccccc3)CC2)n1. The van der Waals surface area contributed by atoms with E-state index in [2.05, 4.69) is 15.1 Å². The highest BCUT2D eigenvalue weighted by molar-refractivity contribution is 5.18. The molecule has 0 saturated carbocycles. The first kappa shape index (κ1) is 14.2. The van der Waals surface area contributed by atoms with Gasteiger partial charge >= 0.3 is 0 Å². The maximum Gasteiger partial charge on any atom is 0.0967 e. The number of piperidine rings is 1. The Morgan fingerprint density at radius 3 is 2.57 bits per heavy atom.